The Kier molecular flexibility index (Phi) is 5.56. The summed E-state index contributed by atoms with van der Waals surface area (Å²) < 4.78 is 7.70. The molecule has 1 aromatic carbocycles. The lowest BCUT2D eigenvalue weighted by Crippen LogP contribution is -2.55. The number of nitrogens with zero attached hydrogens (tertiary/aromatic N) is 4. The Hall–Kier alpha value is -2.61. The number of carbonyl (C=O) groups excluding carboxylic acids is 1. The second-order valence-electron chi connectivity index (χ2n) is 8.01. The van der Waals surface area contributed by atoms with Crippen molar-refractivity contribution in [1.82, 2.24) is 19.6 Å². The van der Waals surface area contributed by atoms with Crippen LogP contribution in [0.4, 0.5) is 5.69 Å². The molecule has 1 unspecified atom stereocenters. The lowest BCUT2D eigenvalue weighted by Gasteiger charge is -2.38. The molecule has 0 bridgehead atoms. The van der Waals surface area contributed by atoms with Crippen LogP contribution in [0.5, 0.6) is 0 Å². The Labute approximate surface area is 186 Å². The number of halogens is 1. The third-order valence-corrected chi connectivity index (χ3v) is 6.46. The number of piperazine rings is 1. The number of aryl methyl sites for hydroxylation is 1. The standard InChI is InChI=1S/C23H26ClN5O2/c1-16-22(26-21-4-2-3-8-29(16)21)18-14-17(5-6-19(18)24)27-9-11-28(12-10-27)23(30)20-15-25-7-13-31-20/h2-6,8,14,20,25H,7,9-13,15H2,1H3. The molecule has 1 atom stereocenters. The van der Waals surface area contributed by atoms with Crippen molar-refractivity contribution in [3.8, 4) is 11.3 Å². The molecule has 1 N–H and O–H groups in total. The van der Waals surface area contributed by atoms with E-state index in [-0.39, 0.29) is 12.0 Å². The van der Waals surface area contributed by atoms with Gasteiger partial charge in [0.15, 0.2) is 0 Å². The van der Waals surface area contributed by atoms with Crippen molar-refractivity contribution in [2.45, 2.75) is 13.0 Å². The van der Waals surface area contributed by atoms with E-state index in [2.05, 4.69) is 27.6 Å². The van der Waals surface area contributed by atoms with Crippen molar-refractivity contribution in [2.75, 3.05) is 50.8 Å². The number of carbonyl (C=O) groups is 1. The highest BCUT2D eigenvalue weighted by atomic mass is 35.5. The minimum absolute atomic E-state index is 0.0870. The number of hydrogen-bond acceptors (Lipinski definition) is 5. The molecule has 2 aromatic heterocycles. The number of fused-ring (bicyclic) bond motifs is 1. The molecule has 2 saturated heterocycles. The summed E-state index contributed by atoms with van der Waals surface area (Å²) in [6.07, 6.45) is 1.65. The van der Waals surface area contributed by atoms with Crippen molar-refractivity contribution >= 4 is 28.8 Å². The number of imidazole rings is 1. The van der Waals surface area contributed by atoms with Gasteiger partial charge >= 0.3 is 0 Å². The Morgan fingerprint density at radius 1 is 1.19 bits per heavy atom. The van der Waals surface area contributed by atoms with Crippen LogP contribution in [0.1, 0.15) is 5.69 Å². The van der Waals surface area contributed by atoms with E-state index in [0.717, 1.165) is 47.9 Å². The molecule has 2 aliphatic heterocycles. The van der Waals surface area contributed by atoms with E-state index >= 15 is 0 Å². The number of rotatable bonds is 3. The summed E-state index contributed by atoms with van der Waals surface area (Å²) in [5.41, 5.74) is 4.89. The topological polar surface area (TPSA) is 62.1 Å². The van der Waals surface area contributed by atoms with Crippen molar-refractivity contribution in [3.63, 3.8) is 0 Å². The fourth-order valence-electron chi connectivity index (χ4n) is 4.38. The van der Waals surface area contributed by atoms with Crippen LogP contribution in [0.3, 0.4) is 0 Å². The van der Waals surface area contributed by atoms with Gasteiger partial charge in [0.25, 0.3) is 5.91 Å². The maximum absolute atomic E-state index is 12.7. The maximum Gasteiger partial charge on any atom is 0.253 e. The molecule has 8 heteroatoms. The number of anilines is 1. The first-order valence-electron chi connectivity index (χ1n) is 10.7. The summed E-state index contributed by atoms with van der Waals surface area (Å²) in [5, 5.41) is 3.91. The van der Waals surface area contributed by atoms with E-state index in [9.17, 15) is 4.79 Å². The number of morpholine rings is 1. The van der Waals surface area contributed by atoms with Crippen molar-refractivity contribution in [1.29, 1.82) is 0 Å². The summed E-state index contributed by atoms with van der Waals surface area (Å²) in [6.45, 7) is 6.97. The molecule has 31 heavy (non-hydrogen) atoms. The van der Waals surface area contributed by atoms with Crippen LogP contribution in [0, 0.1) is 6.92 Å². The molecule has 162 valence electrons. The Morgan fingerprint density at radius 2 is 2.03 bits per heavy atom. The van der Waals surface area contributed by atoms with Gasteiger partial charge in [0.1, 0.15) is 11.8 Å². The fourth-order valence-corrected chi connectivity index (χ4v) is 4.58. The summed E-state index contributed by atoms with van der Waals surface area (Å²) in [5.74, 6) is 0.0870. The minimum Gasteiger partial charge on any atom is -0.368 e. The molecule has 4 heterocycles. The van der Waals surface area contributed by atoms with Crippen molar-refractivity contribution in [3.05, 3.63) is 53.3 Å². The van der Waals surface area contributed by atoms with Crippen LogP contribution < -0.4 is 10.2 Å². The van der Waals surface area contributed by atoms with Gasteiger partial charge in [-0.05, 0) is 37.3 Å². The lowest BCUT2D eigenvalue weighted by atomic mass is 10.1. The normalized spacial score (nSPS) is 19.7. The highest BCUT2D eigenvalue weighted by molar-refractivity contribution is 6.33. The smallest absolute Gasteiger partial charge is 0.253 e. The van der Waals surface area contributed by atoms with Gasteiger partial charge in [0, 0.05) is 62.4 Å². The first kappa shape index (κ1) is 20.3. The van der Waals surface area contributed by atoms with Gasteiger partial charge in [0.2, 0.25) is 0 Å². The van der Waals surface area contributed by atoms with Gasteiger partial charge in [-0.2, -0.15) is 0 Å². The van der Waals surface area contributed by atoms with E-state index in [4.69, 9.17) is 21.3 Å². The summed E-state index contributed by atoms with van der Waals surface area (Å²) in [6, 6.07) is 12.1. The fraction of sp³-hybridized carbons (Fsp3) is 0.391. The van der Waals surface area contributed by atoms with Gasteiger partial charge in [-0.15, -0.1) is 0 Å². The molecule has 5 rings (SSSR count). The zero-order chi connectivity index (χ0) is 21.4. The summed E-state index contributed by atoms with van der Waals surface area (Å²) in [4.78, 5) is 21.7. The molecule has 7 nitrogen and oxygen atoms in total. The zero-order valence-corrected chi connectivity index (χ0v) is 18.3. The van der Waals surface area contributed by atoms with Crippen LogP contribution >= 0.6 is 11.6 Å². The third-order valence-electron chi connectivity index (χ3n) is 6.13. The van der Waals surface area contributed by atoms with Gasteiger partial charge in [-0.3, -0.25) is 4.79 Å². The summed E-state index contributed by atoms with van der Waals surface area (Å²) in [7, 11) is 0. The number of benzene rings is 1. The van der Waals surface area contributed by atoms with E-state index in [1.54, 1.807) is 0 Å². The number of pyridine rings is 1. The molecule has 2 fully saturated rings. The molecule has 0 saturated carbocycles. The number of aromatic nitrogens is 2. The number of amides is 1. The van der Waals surface area contributed by atoms with Crippen LogP contribution in [0.15, 0.2) is 42.6 Å². The number of ether oxygens (including phenoxy) is 1. The number of nitrogens with one attached hydrogen (secondary N) is 1. The van der Waals surface area contributed by atoms with Crippen LogP contribution in [-0.4, -0.2) is 72.2 Å². The first-order valence-corrected chi connectivity index (χ1v) is 11.1. The molecule has 0 radical (unpaired) electrons. The largest absolute Gasteiger partial charge is 0.368 e. The average molecular weight is 440 g/mol. The minimum atomic E-state index is -0.361. The van der Waals surface area contributed by atoms with Gasteiger partial charge < -0.3 is 24.3 Å². The summed E-state index contributed by atoms with van der Waals surface area (Å²) >= 11 is 6.58. The van der Waals surface area contributed by atoms with Crippen molar-refractivity contribution < 1.29 is 9.53 Å². The second kappa shape index (κ2) is 8.49. The molecular formula is C23H26ClN5O2. The second-order valence-corrected chi connectivity index (χ2v) is 8.42. The van der Waals surface area contributed by atoms with Gasteiger partial charge in [-0.1, -0.05) is 17.7 Å². The molecule has 2 aliphatic rings. The van der Waals surface area contributed by atoms with Gasteiger partial charge in [-0.25, -0.2) is 4.98 Å². The maximum atomic E-state index is 12.7. The predicted octanol–water partition coefficient (Wildman–Crippen LogP) is 2.60. The predicted molar refractivity (Wildman–Crippen MR) is 122 cm³/mol. The molecule has 0 aliphatic carbocycles. The lowest BCUT2D eigenvalue weighted by molar-refractivity contribution is -0.145. The van der Waals surface area contributed by atoms with Crippen LogP contribution in [-0.2, 0) is 9.53 Å². The van der Waals surface area contributed by atoms with Gasteiger partial charge in [0.05, 0.1) is 17.3 Å². The third kappa shape index (κ3) is 3.89. The SMILES string of the molecule is Cc1c(-c2cc(N3CCN(C(=O)C4CNCCO4)CC3)ccc2Cl)nc2ccccn12. The van der Waals surface area contributed by atoms with Crippen LogP contribution in [0.25, 0.3) is 16.9 Å². The van der Waals surface area contributed by atoms with Crippen LogP contribution in [0.2, 0.25) is 5.02 Å². The van der Waals surface area contributed by atoms with E-state index in [1.807, 2.05) is 41.4 Å². The van der Waals surface area contributed by atoms with E-state index < -0.39 is 0 Å². The van der Waals surface area contributed by atoms with E-state index in [0.29, 0.717) is 31.3 Å². The highest BCUT2D eigenvalue weighted by Gasteiger charge is 2.29. The average Bonchev–Trinajstić information content (AvgIpc) is 3.16. The number of hydrogen-bond donors (Lipinski definition) is 1. The monoisotopic (exact) mass is 439 g/mol. The molecule has 3 aromatic rings. The quantitative estimate of drug-likeness (QED) is 0.679. The molecular weight excluding hydrogens is 414 g/mol. The molecule has 1 amide bonds. The first-order chi connectivity index (χ1) is 15.1. The van der Waals surface area contributed by atoms with Crippen molar-refractivity contribution in [2.24, 2.45) is 0 Å². The highest BCUT2D eigenvalue weighted by Crippen LogP contribution is 2.34. The Bertz CT molecular complexity index is 1100. The Balaban J connectivity index is 1.34. The van der Waals surface area contributed by atoms with E-state index in [1.165, 1.54) is 0 Å². The Morgan fingerprint density at radius 3 is 2.77 bits per heavy atom. The molecule has 0 spiro atoms. The zero-order valence-electron chi connectivity index (χ0n) is 17.6.